The molecule has 0 aromatic carbocycles. The molecule has 1 rings (SSSR count). The third kappa shape index (κ3) is 2.27. The minimum atomic E-state index is -0.853. The van der Waals surface area contributed by atoms with E-state index in [1.807, 2.05) is 0 Å². The van der Waals surface area contributed by atoms with E-state index in [4.69, 9.17) is 5.73 Å². The molecule has 4 nitrogen and oxygen atoms in total. The van der Waals surface area contributed by atoms with Crippen molar-refractivity contribution in [1.29, 1.82) is 0 Å². The fraction of sp³-hybridized carbons (Fsp3) is 0.667. The molecule has 11 heavy (non-hydrogen) atoms. The van der Waals surface area contributed by atoms with Crippen molar-refractivity contribution in [3.63, 3.8) is 0 Å². The van der Waals surface area contributed by atoms with Crippen molar-refractivity contribution >= 4 is 28.8 Å². The first-order valence-electron chi connectivity index (χ1n) is 3.15. The largest absolute Gasteiger partial charge is 0.318 e. The summed E-state index contributed by atoms with van der Waals surface area (Å²) in [6.07, 6.45) is 0.788. The van der Waals surface area contributed by atoms with Gasteiger partial charge in [0.15, 0.2) is 0 Å². The van der Waals surface area contributed by atoms with Gasteiger partial charge in [-0.1, -0.05) is 0 Å². The summed E-state index contributed by atoms with van der Waals surface area (Å²) in [5.41, 5.74) is 4.67. The number of halogens is 1. The van der Waals surface area contributed by atoms with Crippen molar-refractivity contribution in [2.75, 3.05) is 0 Å². The highest BCUT2D eigenvalue weighted by Crippen LogP contribution is 2.12. The average Bonchev–Trinajstić information content (AvgIpc) is 1.81. The zero-order valence-corrected chi connectivity index (χ0v) is 7.93. The van der Waals surface area contributed by atoms with Gasteiger partial charge >= 0.3 is 0 Å². The van der Waals surface area contributed by atoms with Crippen LogP contribution in [0.25, 0.3) is 0 Å². The van der Waals surface area contributed by atoms with Crippen molar-refractivity contribution in [1.82, 2.24) is 5.32 Å². The minimum Gasteiger partial charge on any atom is -0.318 e. The Morgan fingerprint density at radius 3 is 2.45 bits per heavy atom. The third-order valence-corrected chi connectivity index (χ3v) is 1.64. The average molecular weight is 223 g/mol. The van der Waals surface area contributed by atoms with Gasteiger partial charge in [-0.25, -0.2) is 0 Å². The lowest BCUT2D eigenvalue weighted by Crippen LogP contribution is -2.57. The second-order valence-corrected chi connectivity index (χ2v) is 2.79. The van der Waals surface area contributed by atoms with E-state index in [0.29, 0.717) is 12.8 Å². The molecule has 0 radical (unpaired) electrons. The Kier molecular flexibility index (Phi) is 3.19. The van der Waals surface area contributed by atoms with E-state index in [0.717, 1.165) is 0 Å². The van der Waals surface area contributed by atoms with Crippen LogP contribution in [0, 0.1) is 0 Å². The van der Waals surface area contributed by atoms with Gasteiger partial charge < -0.3 is 5.73 Å². The number of hydrogen-bond donors (Lipinski definition) is 2. The molecule has 1 saturated heterocycles. The number of nitrogens with two attached hydrogens (primary N) is 1. The van der Waals surface area contributed by atoms with Crippen LogP contribution in [0.5, 0.6) is 0 Å². The summed E-state index contributed by atoms with van der Waals surface area (Å²) >= 11 is 0. The second-order valence-electron chi connectivity index (χ2n) is 2.79. The Bertz CT molecular complexity index is 191. The molecule has 64 valence electrons. The minimum absolute atomic E-state index is 0. The molecule has 1 aliphatic heterocycles. The number of nitrogens with one attached hydrogen (secondary N) is 1. The van der Waals surface area contributed by atoms with E-state index in [1.165, 1.54) is 0 Å². The van der Waals surface area contributed by atoms with Crippen molar-refractivity contribution in [3.05, 3.63) is 0 Å². The van der Waals surface area contributed by atoms with Crippen LogP contribution < -0.4 is 11.1 Å². The van der Waals surface area contributed by atoms with Gasteiger partial charge in [-0.05, 0) is 13.3 Å². The first-order chi connectivity index (χ1) is 4.52. The van der Waals surface area contributed by atoms with E-state index < -0.39 is 5.54 Å². The van der Waals surface area contributed by atoms with Crippen LogP contribution in [0.2, 0.25) is 0 Å². The van der Waals surface area contributed by atoms with Crippen LogP contribution in [-0.4, -0.2) is 17.4 Å². The summed E-state index contributed by atoms with van der Waals surface area (Å²) in [7, 11) is 0. The van der Waals surface area contributed by atoms with Gasteiger partial charge in [0.2, 0.25) is 11.8 Å². The molecular weight excluding hydrogens is 212 g/mol. The monoisotopic (exact) mass is 222 g/mol. The first-order valence-corrected chi connectivity index (χ1v) is 3.15. The molecule has 1 unspecified atom stereocenters. The molecule has 1 fully saturated rings. The Morgan fingerprint density at radius 1 is 1.55 bits per heavy atom. The van der Waals surface area contributed by atoms with E-state index in [9.17, 15) is 9.59 Å². The lowest BCUT2D eigenvalue weighted by atomic mass is 9.93. The molecule has 3 N–H and O–H groups in total. The van der Waals surface area contributed by atoms with Crippen molar-refractivity contribution in [3.8, 4) is 0 Å². The van der Waals surface area contributed by atoms with Crippen LogP contribution in [0.15, 0.2) is 0 Å². The Hall–Kier alpha value is -0.420. The third-order valence-electron chi connectivity index (χ3n) is 1.64. The molecule has 1 aliphatic rings. The predicted molar refractivity (Wildman–Crippen MR) is 45.3 cm³/mol. The fourth-order valence-electron chi connectivity index (χ4n) is 0.819. The highest BCUT2D eigenvalue weighted by atomic mass is 79.9. The number of piperidine rings is 1. The lowest BCUT2D eigenvalue weighted by Gasteiger charge is -2.26. The molecule has 5 heteroatoms. The zero-order valence-electron chi connectivity index (χ0n) is 6.22. The normalized spacial score (nSPS) is 30.7. The zero-order chi connectivity index (χ0) is 7.78. The molecule has 0 aliphatic carbocycles. The molecule has 0 aromatic heterocycles. The van der Waals surface area contributed by atoms with Crippen LogP contribution in [0.4, 0.5) is 0 Å². The van der Waals surface area contributed by atoms with Gasteiger partial charge in [0, 0.05) is 6.42 Å². The van der Waals surface area contributed by atoms with E-state index in [2.05, 4.69) is 5.32 Å². The van der Waals surface area contributed by atoms with Gasteiger partial charge in [-0.3, -0.25) is 14.9 Å². The first kappa shape index (κ1) is 10.6. The molecule has 0 saturated carbocycles. The lowest BCUT2D eigenvalue weighted by molar-refractivity contribution is -0.137. The van der Waals surface area contributed by atoms with Gasteiger partial charge in [0.25, 0.3) is 0 Å². The maximum atomic E-state index is 10.9. The number of carbonyl (C=O) groups is 2. The summed E-state index contributed by atoms with van der Waals surface area (Å²) in [6, 6.07) is 0. The maximum absolute atomic E-state index is 10.9. The molecule has 0 spiro atoms. The SMILES string of the molecule is Br.CC1(N)CCC(=O)NC1=O. The summed E-state index contributed by atoms with van der Waals surface area (Å²) in [6.45, 7) is 1.62. The van der Waals surface area contributed by atoms with Crippen LogP contribution >= 0.6 is 17.0 Å². The summed E-state index contributed by atoms with van der Waals surface area (Å²) < 4.78 is 0. The predicted octanol–water partition coefficient (Wildman–Crippen LogP) is -0.282. The van der Waals surface area contributed by atoms with Crippen molar-refractivity contribution in [2.24, 2.45) is 5.73 Å². The number of hydrogen-bond acceptors (Lipinski definition) is 3. The summed E-state index contributed by atoms with van der Waals surface area (Å²) in [4.78, 5) is 21.4. The second kappa shape index (κ2) is 3.32. The fourth-order valence-corrected chi connectivity index (χ4v) is 0.819. The summed E-state index contributed by atoms with van der Waals surface area (Å²) in [5, 5.41) is 2.17. The maximum Gasteiger partial charge on any atom is 0.246 e. The quantitative estimate of drug-likeness (QED) is 0.554. The number of rotatable bonds is 0. The number of carbonyl (C=O) groups excluding carboxylic acids is 2. The topological polar surface area (TPSA) is 72.2 Å². The van der Waals surface area contributed by atoms with Gasteiger partial charge in [-0.2, -0.15) is 0 Å². The van der Waals surface area contributed by atoms with Gasteiger partial charge in [0.1, 0.15) is 0 Å². The molecule has 0 bridgehead atoms. The van der Waals surface area contributed by atoms with Crippen molar-refractivity contribution < 1.29 is 9.59 Å². The highest BCUT2D eigenvalue weighted by Gasteiger charge is 2.34. The van der Waals surface area contributed by atoms with Crippen molar-refractivity contribution in [2.45, 2.75) is 25.3 Å². The van der Waals surface area contributed by atoms with Crippen LogP contribution in [-0.2, 0) is 9.59 Å². The van der Waals surface area contributed by atoms with Crippen LogP contribution in [0.1, 0.15) is 19.8 Å². The van der Waals surface area contributed by atoms with E-state index in [-0.39, 0.29) is 28.8 Å². The van der Waals surface area contributed by atoms with Gasteiger partial charge in [0.05, 0.1) is 5.54 Å². The Morgan fingerprint density at radius 2 is 2.09 bits per heavy atom. The molecule has 1 atom stereocenters. The number of imide groups is 1. The smallest absolute Gasteiger partial charge is 0.246 e. The number of amides is 2. The summed E-state index contributed by atoms with van der Waals surface area (Å²) in [5.74, 6) is -0.600. The van der Waals surface area contributed by atoms with E-state index >= 15 is 0 Å². The molecular formula is C6H11BrN2O2. The van der Waals surface area contributed by atoms with Crippen LogP contribution in [0.3, 0.4) is 0 Å². The molecule has 2 amide bonds. The Labute approximate surface area is 75.3 Å². The van der Waals surface area contributed by atoms with E-state index in [1.54, 1.807) is 6.92 Å². The molecule has 0 aromatic rings. The van der Waals surface area contributed by atoms with Gasteiger partial charge in [-0.15, -0.1) is 17.0 Å². The molecule has 1 heterocycles. The standard InChI is InChI=1S/C6H10N2O2.BrH/c1-6(7)3-2-4(9)8-5(6)10;/h2-3,7H2,1H3,(H,8,9,10);1H. The highest BCUT2D eigenvalue weighted by molar-refractivity contribution is 8.93. The Balaban J connectivity index is 0.000001000.